The number of nitrogens with one attached hydrogen (secondary N) is 3. The molecule has 2 rings (SSSR count). The van der Waals surface area contributed by atoms with Crippen LogP contribution in [0.15, 0.2) is 29.3 Å². The molecule has 1 aliphatic heterocycles. The highest BCUT2D eigenvalue weighted by atomic mass is 19.1. The van der Waals surface area contributed by atoms with Crippen molar-refractivity contribution in [3.8, 4) is 0 Å². The fraction of sp³-hybridized carbons (Fsp3) is 0.600. The lowest BCUT2D eigenvalue weighted by Gasteiger charge is -2.34. The van der Waals surface area contributed by atoms with Crippen molar-refractivity contribution >= 4 is 17.6 Å². The Morgan fingerprint density at radius 3 is 2.67 bits per heavy atom. The van der Waals surface area contributed by atoms with Gasteiger partial charge < -0.3 is 20.9 Å². The Hall–Kier alpha value is -2.31. The van der Waals surface area contributed by atoms with Crippen molar-refractivity contribution in [1.29, 1.82) is 0 Å². The van der Waals surface area contributed by atoms with Gasteiger partial charge >= 0.3 is 0 Å². The zero-order chi connectivity index (χ0) is 19.6. The molecule has 6 nitrogen and oxygen atoms in total. The van der Waals surface area contributed by atoms with Gasteiger partial charge in [0.15, 0.2) is 5.96 Å². The number of carbonyl (C=O) groups is 1. The average molecular weight is 378 g/mol. The van der Waals surface area contributed by atoms with Crippen molar-refractivity contribution in [2.24, 2.45) is 10.9 Å². The highest BCUT2D eigenvalue weighted by Gasteiger charge is 2.20. The standard InChI is InChI=1S/C20H32FN5O/c1-4-22-20(24-11-10-23-19(27)15(2)3)25-17-8-12-26(13-9-17)18-7-5-6-16(21)14-18/h5-7,14-15,17H,4,8-13H2,1-3H3,(H,23,27)(H2,22,24,25). The molecule has 1 aromatic carbocycles. The van der Waals surface area contributed by atoms with Crippen LogP contribution in [0.2, 0.25) is 0 Å². The zero-order valence-electron chi connectivity index (χ0n) is 16.6. The molecular weight excluding hydrogens is 345 g/mol. The predicted molar refractivity (Wildman–Crippen MR) is 109 cm³/mol. The molecule has 3 N–H and O–H groups in total. The lowest BCUT2D eigenvalue weighted by molar-refractivity contribution is -0.123. The van der Waals surface area contributed by atoms with Gasteiger partial charge in [0.05, 0.1) is 6.54 Å². The van der Waals surface area contributed by atoms with E-state index in [1.54, 1.807) is 12.1 Å². The number of aliphatic imine (C=N–C) groups is 1. The van der Waals surface area contributed by atoms with E-state index in [-0.39, 0.29) is 17.6 Å². The van der Waals surface area contributed by atoms with Gasteiger partial charge in [-0.3, -0.25) is 9.79 Å². The largest absolute Gasteiger partial charge is 0.371 e. The number of rotatable bonds is 7. The Bertz CT molecular complexity index is 627. The summed E-state index contributed by atoms with van der Waals surface area (Å²) < 4.78 is 13.4. The fourth-order valence-electron chi connectivity index (χ4n) is 3.02. The molecule has 1 fully saturated rings. The molecule has 0 unspecified atom stereocenters. The quantitative estimate of drug-likeness (QED) is 0.387. The van der Waals surface area contributed by atoms with Gasteiger partial charge in [-0.15, -0.1) is 0 Å². The molecule has 0 spiro atoms. The van der Waals surface area contributed by atoms with E-state index >= 15 is 0 Å². The van der Waals surface area contributed by atoms with Gasteiger partial charge in [-0.05, 0) is 38.0 Å². The van der Waals surface area contributed by atoms with Crippen molar-refractivity contribution in [1.82, 2.24) is 16.0 Å². The van der Waals surface area contributed by atoms with E-state index in [9.17, 15) is 9.18 Å². The van der Waals surface area contributed by atoms with Crippen LogP contribution in [0, 0.1) is 11.7 Å². The molecule has 1 aromatic rings. The molecule has 1 heterocycles. The number of piperidine rings is 1. The van der Waals surface area contributed by atoms with E-state index < -0.39 is 0 Å². The van der Waals surface area contributed by atoms with E-state index in [0.717, 1.165) is 44.1 Å². The first-order chi connectivity index (χ1) is 13.0. The van der Waals surface area contributed by atoms with Gasteiger partial charge in [-0.2, -0.15) is 0 Å². The van der Waals surface area contributed by atoms with Gasteiger partial charge in [0, 0.05) is 43.8 Å². The van der Waals surface area contributed by atoms with E-state index in [1.165, 1.54) is 6.07 Å². The van der Waals surface area contributed by atoms with Crippen molar-refractivity contribution in [3.05, 3.63) is 30.1 Å². The minimum Gasteiger partial charge on any atom is -0.371 e. The summed E-state index contributed by atoms with van der Waals surface area (Å²) in [4.78, 5) is 18.3. The molecule has 0 bridgehead atoms. The van der Waals surface area contributed by atoms with E-state index in [4.69, 9.17) is 0 Å². The van der Waals surface area contributed by atoms with E-state index in [2.05, 4.69) is 25.8 Å². The third-order valence-electron chi connectivity index (χ3n) is 4.56. The van der Waals surface area contributed by atoms with Gasteiger partial charge in [0.25, 0.3) is 0 Å². The number of carbonyl (C=O) groups excluding carboxylic acids is 1. The molecule has 7 heteroatoms. The molecule has 1 amide bonds. The number of hydrogen-bond donors (Lipinski definition) is 3. The summed E-state index contributed by atoms with van der Waals surface area (Å²) in [6.07, 6.45) is 1.93. The number of nitrogens with zero attached hydrogens (tertiary/aromatic N) is 2. The second-order valence-corrected chi connectivity index (χ2v) is 7.09. The second-order valence-electron chi connectivity index (χ2n) is 7.09. The van der Waals surface area contributed by atoms with Crippen LogP contribution in [0.5, 0.6) is 0 Å². The SMILES string of the molecule is CCNC(=NCCNC(=O)C(C)C)NC1CCN(c2cccc(F)c2)CC1. The summed E-state index contributed by atoms with van der Waals surface area (Å²) in [7, 11) is 0. The summed E-state index contributed by atoms with van der Waals surface area (Å²) in [5.74, 6) is 0.621. The number of anilines is 1. The number of hydrogen-bond acceptors (Lipinski definition) is 3. The first-order valence-corrected chi connectivity index (χ1v) is 9.82. The van der Waals surface area contributed by atoms with Crippen LogP contribution in [0.4, 0.5) is 10.1 Å². The first kappa shape index (κ1) is 21.0. The Labute approximate surface area is 161 Å². The fourth-order valence-corrected chi connectivity index (χ4v) is 3.02. The molecule has 0 atom stereocenters. The average Bonchev–Trinajstić information content (AvgIpc) is 2.65. The third-order valence-corrected chi connectivity index (χ3v) is 4.56. The number of amides is 1. The van der Waals surface area contributed by atoms with Crippen LogP contribution in [0.3, 0.4) is 0 Å². The molecule has 1 aliphatic rings. The van der Waals surface area contributed by atoms with Gasteiger partial charge in [-0.25, -0.2) is 4.39 Å². The molecule has 1 saturated heterocycles. The van der Waals surface area contributed by atoms with Crippen molar-refractivity contribution in [2.75, 3.05) is 37.6 Å². The monoisotopic (exact) mass is 377 g/mol. The minimum absolute atomic E-state index is 0.0105. The van der Waals surface area contributed by atoms with Crippen molar-refractivity contribution in [2.45, 2.75) is 39.7 Å². The predicted octanol–water partition coefficient (Wildman–Crippen LogP) is 2.12. The van der Waals surface area contributed by atoms with Gasteiger partial charge in [0.1, 0.15) is 5.82 Å². The van der Waals surface area contributed by atoms with Crippen LogP contribution in [0.1, 0.15) is 33.6 Å². The van der Waals surface area contributed by atoms with Gasteiger partial charge in [0.2, 0.25) is 5.91 Å². The number of halogens is 1. The van der Waals surface area contributed by atoms with Crippen molar-refractivity contribution in [3.63, 3.8) is 0 Å². The van der Waals surface area contributed by atoms with Crippen LogP contribution in [0.25, 0.3) is 0 Å². The Kier molecular flexibility index (Phi) is 8.36. The number of benzene rings is 1. The third kappa shape index (κ3) is 7.07. The van der Waals surface area contributed by atoms with Crippen LogP contribution < -0.4 is 20.9 Å². The molecule has 0 aliphatic carbocycles. The van der Waals surface area contributed by atoms with Crippen LogP contribution in [-0.2, 0) is 4.79 Å². The Balaban J connectivity index is 1.79. The number of guanidine groups is 1. The van der Waals surface area contributed by atoms with Gasteiger partial charge in [-0.1, -0.05) is 19.9 Å². The molecule has 0 saturated carbocycles. The zero-order valence-corrected chi connectivity index (χ0v) is 16.6. The summed E-state index contributed by atoms with van der Waals surface area (Å²) in [5, 5.41) is 9.60. The maximum atomic E-state index is 13.4. The maximum Gasteiger partial charge on any atom is 0.222 e. The smallest absolute Gasteiger partial charge is 0.222 e. The van der Waals surface area contributed by atoms with Crippen LogP contribution >= 0.6 is 0 Å². The summed E-state index contributed by atoms with van der Waals surface area (Å²) in [5.41, 5.74) is 0.940. The topological polar surface area (TPSA) is 68.8 Å². The summed E-state index contributed by atoms with van der Waals surface area (Å²) >= 11 is 0. The van der Waals surface area contributed by atoms with Crippen molar-refractivity contribution < 1.29 is 9.18 Å². The highest BCUT2D eigenvalue weighted by molar-refractivity contribution is 5.80. The molecule has 0 aromatic heterocycles. The van der Waals surface area contributed by atoms with E-state index in [1.807, 2.05) is 26.8 Å². The Morgan fingerprint density at radius 1 is 1.30 bits per heavy atom. The molecule has 27 heavy (non-hydrogen) atoms. The Morgan fingerprint density at radius 2 is 2.04 bits per heavy atom. The molecule has 150 valence electrons. The lowest BCUT2D eigenvalue weighted by atomic mass is 10.0. The second kappa shape index (κ2) is 10.7. The lowest BCUT2D eigenvalue weighted by Crippen LogP contribution is -2.49. The summed E-state index contributed by atoms with van der Waals surface area (Å²) in [6.45, 7) is 9.40. The maximum absolute atomic E-state index is 13.4. The first-order valence-electron chi connectivity index (χ1n) is 9.82. The normalized spacial score (nSPS) is 15.7. The molecule has 0 radical (unpaired) electrons. The van der Waals surface area contributed by atoms with E-state index in [0.29, 0.717) is 19.1 Å². The molecular formula is C20H32FN5O. The summed E-state index contributed by atoms with van der Waals surface area (Å²) in [6, 6.07) is 7.10. The minimum atomic E-state index is -0.195. The highest BCUT2D eigenvalue weighted by Crippen LogP contribution is 2.20. The van der Waals surface area contributed by atoms with Crippen LogP contribution in [-0.4, -0.2) is 50.6 Å².